The van der Waals surface area contributed by atoms with Crippen LogP contribution in [-0.2, 0) is 5.41 Å². The minimum Gasteiger partial charge on any atom is -0.258 e. The highest BCUT2D eigenvalue weighted by molar-refractivity contribution is 6.32. The van der Waals surface area contributed by atoms with Crippen LogP contribution in [0.5, 0.6) is 0 Å². The van der Waals surface area contributed by atoms with Gasteiger partial charge in [0.1, 0.15) is 17.2 Å². The molecule has 0 atom stereocenters. The van der Waals surface area contributed by atoms with Crippen molar-refractivity contribution in [2.75, 3.05) is 0 Å². The molecule has 1 heterocycles. The molecular weight excluding hydrogens is 304 g/mol. The summed E-state index contributed by atoms with van der Waals surface area (Å²) in [6, 6.07) is 2.81. The van der Waals surface area contributed by atoms with Gasteiger partial charge in [0.2, 0.25) is 5.15 Å². The van der Waals surface area contributed by atoms with Crippen molar-refractivity contribution in [3.8, 4) is 5.69 Å². The molecule has 1 aromatic heterocycles. The van der Waals surface area contributed by atoms with E-state index in [4.69, 9.17) is 11.6 Å². The lowest BCUT2D eigenvalue weighted by molar-refractivity contribution is -0.385. The van der Waals surface area contributed by atoms with Gasteiger partial charge in [-0.15, -0.1) is 0 Å². The monoisotopic (exact) mass is 315 g/mol. The summed E-state index contributed by atoms with van der Waals surface area (Å²) >= 11 is 5.98. The lowest BCUT2D eigenvalue weighted by atomic mass is 9.91. The van der Waals surface area contributed by atoms with Crippen molar-refractivity contribution in [2.45, 2.75) is 26.2 Å². The van der Waals surface area contributed by atoms with E-state index in [0.717, 1.165) is 16.8 Å². The minimum absolute atomic E-state index is 0.126. The van der Waals surface area contributed by atoms with E-state index in [1.54, 1.807) is 20.8 Å². The highest BCUT2D eigenvalue weighted by atomic mass is 35.5. The number of hydrogen-bond acceptors (Lipinski definition) is 3. The van der Waals surface area contributed by atoms with Crippen molar-refractivity contribution < 1.29 is 13.7 Å². The van der Waals surface area contributed by atoms with Crippen molar-refractivity contribution >= 4 is 17.3 Å². The van der Waals surface area contributed by atoms with Gasteiger partial charge >= 0.3 is 5.69 Å². The van der Waals surface area contributed by atoms with Crippen LogP contribution in [0.2, 0.25) is 5.15 Å². The zero-order valence-electron chi connectivity index (χ0n) is 11.5. The predicted octanol–water partition coefficient (Wildman–Crippen LogP) is 4.01. The smallest absolute Gasteiger partial charge is 0.258 e. The van der Waals surface area contributed by atoms with Crippen molar-refractivity contribution in [2.24, 2.45) is 0 Å². The Morgan fingerprint density at radius 3 is 2.38 bits per heavy atom. The summed E-state index contributed by atoms with van der Waals surface area (Å²) in [5.74, 6) is -1.67. The highest BCUT2D eigenvalue weighted by Gasteiger charge is 2.34. The van der Waals surface area contributed by atoms with Crippen LogP contribution in [0.4, 0.5) is 14.5 Å². The first kappa shape index (κ1) is 15.4. The SMILES string of the molecule is CC(C)(C)c1nn(-c2ccc(F)cc2F)c(Cl)c1[N+](=O)[O-]. The largest absolute Gasteiger partial charge is 0.330 e. The molecule has 0 unspecified atom stereocenters. The summed E-state index contributed by atoms with van der Waals surface area (Å²) < 4.78 is 27.7. The maximum atomic E-state index is 13.8. The third-order valence-electron chi connectivity index (χ3n) is 2.84. The molecule has 0 fully saturated rings. The second-order valence-corrected chi connectivity index (χ2v) is 5.86. The molecule has 5 nitrogen and oxygen atoms in total. The second-order valence-electron chi connectivity index (χ2n) is 5.50. The van der Waals surface area contributed by atoms with Crippen LogP contribution in [-0.4, -0.2) is 14.7 Å². The maximum absolute atomic E-state index is 13.8. The molecule has 2 aromatic rings. The van der Waals surface area contributed by atoms with E-state index in [1.165, 1.54) is 0 Å². The zero-order valence-corrected chi connectivity index (χ0v) is 12.3. The van der Waals surface area contributed by atoms with Gasteiger partial charge in [-0.2, -0.15) is 5.10 Å². The Balaban J connectivity index is 2.74. The summed E-state index contributed by atoms with van der Waals surface area (Å²) in [6.07, 6.45) is 0. The van der Waals surface area contributed by atoms with Gasteiger partial charge in [-0.1, -0.05) is 32.4 Å². The number of nitro groups is 1. The fraction of sp³-hybridized carbons (Fsp3) is 0.308. The van der Waals surface area contributed by atoms with Crippen LogP contribution >= 0.6 is 11.6 Å². The summed E-state index contributed by atoms with van der Waals surface area (Å²) in [7, 11) is 0. The first-order valence-electron chi connectivity index (χ1n) is 6.01. The predicted molar refractivity (Wildman–Crippen MR) is 73.8 cm³/mol. The fourth-order valence-corrected chi connectivity index (χ4v) is 2.16. The van der Waals surface area contributed by atoms with Gasteiger partial charge in [0.15, 0.2) is 5.82 Å². The minimum atomic E-state index is -0.908. The van der Waals surface area contributed by atoms with Crippen LogP contribution in [0.15, 0.2) is 18.2 Å². The molecule has 0 aliphatic carbocycles. The topological polar surface area (TPSA) is 61.0 Å². The Labute approximate surface area is 124 Å². The number of hydrogen-bond donors (Lipinski definition) is 0. The van der Waals surface area contributed by atoms with E-state index in [9.17, 15) is 18.9 Å². The molecule has 0 spiro atoms. The number of nitrogens with zero attached hydrogens (tertiary/aromatic N) is 3. The summed E-state index contributed by atoms with van der Waals surface area (Å²) in [5, 5.41) is 14.9. The van der Waals surface area contributed by atoms with E-state index in [1.807, 2.05) is 0 Å². The summed E-state index contributed by atoms with van der Waals surface area (Å²) in [6.45, 7) is 5.18. The molecule has 21 heavy (non-hydrogen) atoms. The van der Waals surface area contributed by atoms with Gasteiger partial charge in [0.25, 0.3) is 0 Å². The first-order chi connectivity index (χ1) is 9.62. The molecule has 0 radical (unpaired) electrons. The molecule has 0 aliphatic rings. The summed E-state index contributed by atoms with van der Waals surface area (Å²) in [5.41, 5.74) is -1.07. The molecule has 1 aromatic carbocycles. The number of aromatic nitrogens is 2. The quantitative estimate of drug-likeness (QED) is 0.621. The highest BCUT2D eigenvalue weighted by Crippen LogP contribution is 2.37. The fourth-order valence-electron chi connectivity index (χ4n) is 1.87. The van der Waals surface area contributed by atoms with Crippen molar-refractivity contribution in [1.29, 1.82) is 0 Å². The normalized spacial score (nSPS) is 11.7. The van der Waals surface area contributed by atoms with E-state index < -0.39 is 22.0 Å². The molecule has 0 aliphatic heterocycles. The van der Waals surface area contributed by atoms with Crippen LogP contribution in [0.25, 0.3) is 5.69 Å². The van der Waals surface area contributed by atoms with Gasteiger partial charge in [-0.05, 0) is 12.1 Å². The van der Waals surface area contributed by atoms with Crippen LogP contribution in [0.3, 0.4) is 0 Å². The number of benzene rings is 1. The molecule has 2 rings (SSSR count). The lowest BCUT2D eigenvalue weighted by Gasteiger charge is -2.13. The van der Waals surface area contributed by atoms with Crippen molar-refractivity contribution in [3.63, 3.8) is 0 Å². The average Bonchev–Trinajstić information content (AvgIpc) is 2.67. The molecular formula is C13H12ClF2N3O2. The summed E-state index contributed by atoms with van der Waals surface area (Å²) in [4.78, 5) is 10.5. The van der Waals surface area contributed by atoms with Crippen LogP contribution in [0, 0.1) is 21.7 Å². The van der Waals surface area contributed by atoms with E-state index in [-0.39, 0.29) is 22.2 Å². The van der Waals surface area contributed by atoms with Crippen molar-refractivity contribution in [3.05, 3.63) is 50.8 Å². The molecule has 112 valence electrons. The van der Waals surface area contributed by atoms with E-state index in [0.29, 0.717) is 6.07 Å². The third-order valence-corrected chi connectivity index (χ3v) is 3.18. The van der Waals surface area contributed by atoms with E-state index >= 15 is 0 Å². The first-order valence-corrected chi connectivity index (χ1v) is 6.39. The van der Waals surface area contributed by atoms with Crippen LogP contribution < -0.4 is 0 Å². The van der Waals surface area contributed by atoms with Gasteiger partial charge < -0.3 is 0 Å². The Morgan fingerprint density at radius 2 is 1.95 bits per heavy atom. The number of rotatable bonds is 2. The van der Waals surface area contributed by atoms with Gasteiger partial charge in [0, 0.05) is 11.5 Å². The third kappa shape index (κ3) is 2.73. The van der Waals surface area contributed by atoms with Crippen LogP contribution in [0.1, 0.15) is 26.5 Å². The van der Waals surface area contributed by atoms with Gasteiger partial charge in [-0.25, -0.2) is 13.5 Å². The average molecular weight is 316 g/mol. The Kier molecular flexibility index (Phi) is 3.71. The number of halogens is 3. The molecule has 0 bridgehead atoms. The molecule has 0 N–H and O–H groups in total. The molecule has 0 saturated heterocycles. The Morgan fingerprint density at radius 1 is 1.33 bits per heavy atom. The zero-order chi connectivity index (χ0) is 15.9. The van der Waals surface area contributed by atoms with Gasteiger partial charge in [-0.3, -0.25) is 10.1 Å². The molecule has 8 heteroatoms. The Bertz CT molecular complexity index is 723. The molecule has 0 saturated carbocycles. The van der Waals surface area contributed by atoms with E-state index in [2.05, 4.69) is 5.10 Å². The van der Waals surface area contributed by atoms with Crippen molar-refractivity contribution in [1.82, 2.24) is 9.78 Å². The second kappa shape index (κ2) is 5.07. The maximum Gasteiger partial charge on any atom is 0.330 e. The lowest BCUT2D eigenvalue weighted by Crippen LogP contribution is -2.14. The standard InChI is InChI=1S/C13H12ClF2N3O2/c1-13(2,3)11-10(19(20)21)12(14)18(17-11)9-5-4-7(15)6-8(9)16/h4-6H,1-3H3. The van der Waals surface area contributed by atoms with Gasteiger partial charge in [0.05, 0.1) is 4.92 Å². The Hall–Kier alpha value is -2.02. The molecule has 0 amide bonds.